The maximum atomic E-state index is 11.1. The molecule has 12 heavy (non-hydrogen) atoms. The first-order chi connectivity index (χ1) is 5.59. The van der Waals surface area contributed by atoms with Gasteiger partial charge in [0.15, 0.2) is 0 Å². The Bertz CT molecular complexity index is 229. The van der Waals surface area contributed by atoms with E-state index in [0.717, 1.165) is 0 Å². The van der Waals surface area contributed by atoms with E-state index in [9.17, 15) is 14.4 Å². The Balaban J connectivity index is 2.55. The summed E-state index contributed by atoms with van der Waals surface area (Å²) in [5.41, 5.74) is 0. The van der Waals surface area contributed by atoms with Gasteiger partial charge in [-0.3, -0.25) is 14.4 Å². The maximum absolute atomic E-state index is 11.1. The molecule has 0 radical (unpaired) electrons. The van der Waals surface area contributed by atoms with Crippen LogP contribution < -0.4 is 0 Å². The summed E-state index contributed by atoms with van der Waals surface area (Å²) in [6.07, 6.45) is 0.418. The molecule has 1 aliphatic rings. The van der Waals surface area contributed by atoms with Crippen LogP contribution >= 0.6 is 0 Å². The van der Waals surface area contributed by atoms with Gasteiger partial charge in [0.1, 0.15) is 11.6 Å². The molecule has 1 atom stereocenters. The Morgan fingerprint density at radius 3 is 2.67 bits per heavy atom. The molecule has 1 rings (SSSR count). The SMILES string of the molecule is O=C(O)CC1CC(=O)CCC1=O. The van der Waals surface area contributed by atoms with Gasteiger partial charge in [-0.25, -0.2) is 0 Å². The molecule has 0 aromatic carbocycles. The van der Waals surface area contributed by atoms with E-state index in [2.05, 4.69) is 0 Å². The lowest BCUT2D eigenvalue weighted by molar-refractivity contribution is -0.142. The van der Waals surface area contributed by atoms with Gasteiger partial charge >= 0.3 is 5.97 Å². The van der Waals surface area contributed by atoms with E-state index in [4.69, 9.17) is 5.11 Å². The smallest absolute Gasteiger partial charge is 0.304 e. The van der Waals surface area contributed by atoms with Crippen LogP contribution in [0.15, 0.2) is 0 Å². The molecule has 0 bridgehead atoms. The standard InChI is InChI=1S/C8H10O4/c9-6-1-2-7(10)5(3-6)4-8(11)12/h5H,1-4H2,(H,11,12). The van der Waals surface area contributed by atoms with Crippen molar-refractivity contribution in [3.8, 4) is 0 Å². The largest absolute Gasteiger partial charge is 0.481 e. The van der Waals surface area contributed by atoms with Crippen LogP contribution in [-0.2, 0) is 14.4 Å². The summed E-state index contributed by atoms with van der Waals surface area (Å²) in [6, 6.07) is 0. The zero-order valence-electron chi connectivity index (χ0n) is 6.58. The molecule has 1 fully saturated rings. The Morgan fingerprint density at radius 2 is 2.08 bits per heavy atom. The van der Waals surface area contributed by atoms with Crippen molar-refractivity contribution in [1.29, 1.82) is 0 Å². The molecule has 0 heterocycles. The highest BCUT2D eigenvalue weighted by atomic mass is 16.4. The van der Waals surface area contributed by atoms with Crippen LogP contribution in [0.1, 0.15) is 25.7 Å². The Hall–Kier alpha value is -1.19. The summed E-state index contributed by atoms with van der Waals surface area (Å²) in [7, 11) is 0. The van der Waals surface area contributed by atoms with Crippen molar-refractivity contribution in [2.24, 2.45) is 5.92 Å². The molecule has 1 aliphatic carbocycles. The third-order valence-electron chi connectivity index (χ3n) is 2.00. The number of Topliss-reactive ketones (excluding diaryl/α,β-unsaturated/α-hetero) is 2. The Labute approximate surface area is 69.6 Å². The lowest BCUT2D eigenvalue weighted by Crippen LogP contribution is -2.26. The van der Waals surface area contributed by atoms with Crippen molar-refractivity contribution in [2.75, 3.05) is 0 Å². The number of hydrogen-bond acceptors (Lipinski definition) is 3. The van der Waals surface area contributed by atoms with Crippen LogP contribution in [0.5, 0.6) is 0 Å². The Kier molecular flexibility index (Phi) is 2.58. The number of carboxylic acid groups (broad SMARTS) is 1. The zero-order chi connectivity index (χ0) is 9.14. The number of carbonyl (C=O) groups is 3. The molecule has 0 saturated heterocycles. The molecule has 0 aliphatic heterocycles. The fourth-order valence-electron chi connectivity index (χ4n) is 1.35. The molecule has 1 N–H and O–H groups in total. The first kappa shape index (κ1) is 8.90. The number of aliphatic carboxylic acids is 1. The topological polar surface area (TPSA) is 71.4 Å². The molecule has 1 unspecified atom stereocenters. The molecule has 4 heteroatoms. The van der Waals surface area contributed by atoms with E-state index in [1.165, 1.54) is 0 Å². The van der Waals surface area contributed by atoms with Gasteiger partial charge in [-0.15, -0.1) is 0 Å². The highest BCUT2D eigenvalue weighted by Gasteiger charge is 2.28. The van der Waals surface area contributed by atoms with Gasteiger partial charge in [0.2, 0.25) is 0 Å². The summed E-state index contributed by atoms with van der Waals surface area (Å²) in [5.74, 6) is -1.66. The number of rotatable bonds is 2. The third kappa shape index (κ3) is 2.15. The minimum atomic E-state index is -1.01. The molecule has 0 aromatic rings. The van der Waals surface area contributed by atoms with Crippen molar-refractivity contribution >= 4 is 17.5 Å². The normalized spacial score (nSPS) is 24.2. The van der Waals surface area contributed by atoms with Gasteiger partial charge in [-0.1, -0.05) is 0 Å². The van der Waals surface area contributed by atoms with Crippen LogP contribution in [0.2, 0.25) is 0 Å². The van der Waals surface area contributed by atoms with Gasteiger partial charge in [0, 0.05) is 25.2 Å². The highest BCUT2D eigenvalue weighted by Crippen LogP contribution is 2.20. The maximum Gasteiger partial charge on any atom is 0.304 e. The fourth-order valence-corrected chi connectivity index (χ4v) is 1.35. The van der Waals surface area contributed by atoms with Crippen molar-refractivity contribution in [3.05, 3.63) is 0 Å². The third-order valence-corrected chi connectivity index (χ3v) is 2.00. The van der Waals surface area contributed by atoms with Crippen molar-refractivity contribution in [3.63, 3.8) is 0 Å². The fraction of sp³-hybridized carbons (Fsp3) is 0.625. The van der Waals surface area contributed by atoms with E-state index in [1.807, 2.05) is 0 Å². The second kappa shape index (κ2) is 3.47. The molecule has 1 saturated carbocycles. The van der Waals surface area contributed by atoms with Gasteiger partial charge in [0.25, 0.3) is 0 Å². The van der Waals surface area contributed by atoms with Crippen molar-refractivity contribution in [2.45, 2.75) is 25.7 Å². The van der Waals surface area contributed by atoms with Gasteiger partial charge in [-0.05, 0) is 0 Å². The van der Waals surface area contributed by atoms with Gasteiger partial charge in [0.05, 0.1) is 6.42 Å². The van der Waals surface area contributed by atoms with Gasteiger partial charge in [-0.2, -0.15) is 0 Å². The monoisotopic (exact) mass is 170 g/mol. The molecular formula is C8H10O4. The van der Waals surface area contributed by atoms with E-state index in [0.29, 0.717) is 0 Å². The van der Waals surface area contributed by atoms with Gasteiger partial charge < -0.3 is 5.11 Å². The molecule has 0 amide bonds. The Morgan fingerprint density at radius 1 is 1.42 bits per heavy atom. The van der Waals surface area contributed by atoms with Crippen molar-refractivity contribution < 1.29 is 19.5 Å². The van der Waals surface area contributed by atoms with Crippen LogP contribution in [0, 0.1) is 5.92 Å². The van der Waals surface area contributed by atoms with E-state index in [1.54, 1.807) is 0 Å². The summed E-state index contributed by atoms with van der Waals surface area (Å²) in [5, 5.41) is 8.41. The second-order valence-corrected chi connectivity index (χ2v) is 3.00. The lowest BCUT2D eigenvalue weighted by Gasteiger charge is -2.17. The first-order valence-corrected chi connectivity index (χ1v) is 3.86. The average molecular weight is 170 g/mol. The van der Waals surface area contributed by atoms with Crippen LogP contribution in [-0.4, -0.2) is 22.6 Å². The molecule has 0 aromatic heterocycles. The minimum absolute atomic E-state index is 0.000787. The average Bonchev–Trinajstić information content (AvgIpc) is 1.96. The summed E-state index contributed by atoms with van der Waals surface area (Å²) >= 11 is 0. The number of hydrogen-bond donors (Lipinski definition) is 1. The molecular weight excluding hydrogens is 160 g/mol. The summed E-state index contributed by atoms with van der Waals surface area (Å²) in [4.78, 5) is 32.2. The minimum Gasteiger partial charge on any atom is -0.481 e. The number of carbonyl (C=O) groups excluding carboxylic acids is 2. The lowest BCUT2D eigenvalue weighted by atomic mass is 9.85. The number of carboxylic acids is 1. The zero-order valence-corrected chi connectivity index (χ0v) is 6.58. The summed E-state index contributed by atoms with van der Waals surface area (Å²) in [6.45, 7) is 0. The molecule has 66 valence electrons. The summed E-state index contributed by atoms with van der Waals surface area (Å²) < 4.78 is 0. The van der Waals surface area contributed by atoms with Crippen LogP contribution in [0.25, 0.3) is 0 Å². The van der Waals surface area contributed by atoms with E-state index >= 15 is 0 Å². The first-order valence-electron chi connectivity index (χ1n) is 3.86. The second-order valence-electron chi connectivity index (χ2n) is 3.00. The molecule has 0 spiro atoms. The van der Waals surface area contributed by atoms with E-state index < -0.39 is 11.9 Å². The number of ketones is 2. The van der Waals surface area contributed by atoms with Crippen LogP contribution in [0.4, 0.5) is 0 Å². The highest BCUT2D eigenvalue weighted by molar-refractivity contribution is 5.96. The molecule has 4 nitrogen and oxygen atoms in total. The van der Waals surface area contributed by atoms with Crippen molar-refractivity contribution in [1.82, 2.24) is 0 Å². The van der Waals surface area contributed by atoms with Crippen LogP contribution in [0.3, 0.4) is 0 Å². The quantitative estimate of drug-likeness (QED) is 0.651. The van der Waals surface area contributed by atoms with E-state index in [-0.39, 0.29) is 37.2 Å². The predicted octanol–water partition coefficient (Wildman–Crippen LogP) is 0.399. The predicted molar refractivity (Wildman–Crippen MR) is 39.6 cm³/mol.